The largest absolute Gasteiger partial charge is 0.379 e. The summed E-state index contributed by atoms with van der Waals surface area (Å²) in [6.45, 7) is 12.3. The van der Waals surface area contributed by atoms with Crippen molar-refractivity contribution >= 4 is 0 Å². The molecule has 1 N–H and O–H groups in total. The van der Waals surface area contributed by atoms with Gasteiger partial charge >= 0.3 is 0 Å². The highest BCUT2D eigenvalue weighted by Gasteiger charge is 2.25. The van der Waals surface area contributed by atoms with Gasteiger partial charge in [-0.1, -0.05) is 6.92 Å². The van der Waals surface area contributed by atoms with Crippen molar-refractivity contribution in [1.82, 2.24) is 10.2 Å². The number of ether oxygens (including phenoxy) is 1. The molecule has 3 heteroatoms. The highest BCUT2D eigenvalue weighted by atomic mass is 16.5. The smallest absolute Gasteiger partial charge is 0.0634 e. The van der Waals surface area contributed by atoms with Crippen molar-refractivity contribution in [3.63, 3.8) is 0 Å². The Hall–Kier alpha value is -0.120. The summed E-state index contributed by atoms with van der Waals surface area (Å²) in [6.07, 6.45) is 2.32. The molecule has 0 bridgehead atoms. The lowest BCUT2D eigenvalue weighted by Gasteiger charge is -2.40. The lowest BCUT2D eigenvalue weighted by atomic mass is 10.0. The summed E-state index contributed by atoms with van der Waals surface area (Å²) in [6, 6.07) is 1.32. The summed E-state index contributed by atoms with van der Waals surface area (Å²) < 4.78 is 5.47. The van der Waals surface area contributed by atoms with Crippen LogP contribution < -0.4 is 5.32 Å². The Balaban J connectivity index is 2.39. The van der Waals surface area contributed by atoms with Gasteiger partial charge in [-0.15, -0.1) is 0 Å². The van der Waals surface area contributed by atoms with Crippen molar-refractivity contribution in [3.8, 4) is 0 Å². The Morgan fingerprint density at radius 1 is 1.44 bits per heavy atom. The van der Waals surface area contributed by atoms with Gasteiger partial charge in [-0.05, 0) is 33.6 Å². The van der Waals surface area contributed by atoms with Crippen molar-refractivity contribution in [3.05, 3.63) is 0 Å². The predicted molar refractivity (Wildman–Crippen MR) is 68.8 cm³/mol. The number of nitrogens with one attached hydrogen (secondary N) is 1. The molecule has 1 heterocycles. The molecule has 1 aliphatic rings. The van der Waals surface area contributed by atoms with Crippen molar-refractivity contribution in [2.75, 3.05) is 26.7 Å². The van der Waals surface area contributed by atoms with Crippen LogP contribution in [0.3, 0.4) is 0 Å². The van der Waals surface area contributed by atoms with E-state index in [4.69, 9.17) is 4.74 Å². The highest BCUT2D eigenvalue weighted by Crippen LogP contribution is 2.16. The molecule has 1 fully saturated rings. The van der Waals surface area contributed by atoms with Crippen LogP contribution in [-0.4, -0.2) is 49.3 Å². The van der Waals surface area contributed by atoms with Gasteiger partial charge in [0.25, 0.3) is 0 Å². The zero-order valence-corrected chi connectivity index (χ0v) is 11.5. The second kappa shape index (κ2) is 5.99. The molecule has 2 unspecified atom stereocenters. The Labute approximate surface area is 101 Å². The summed E-state index contributed by atoms with van der Waals surface area (Å²) in [7, 11) is 1.80. The zero-order valence-electron chi connectivity index (χ0n) is 11.5. The minimum atomic E-state index is 0.00626. The summed E-state index contributed by atoms with van der Waals surface area (Å²) in [5, 5.41) is 3.59. The molecule has 16 heavy (non-hydrogen) atoms. The van der Waals surface area contributed by atoms with Crippen LogP contribution in [0.5, 0.6) is 0 Å². The Morgan fingerprint density at radius 3 is 2.69 bits per heavy atom. The van der Waals surface area contributed by atoms with Gasteiger partial charge in [0.05, 0.1) is 5.60 Å². The molecule has 0 aliphatic carbocycles. The van der Waals surface area contributed by atoms with Crippen molar-refractivity contribution in [2.24, 2.45) is 0 Å². The van der Waals surface area contributed by atoms with Crippen LogP contribution in [0.25, 0.3) is 0 Å². The molecule has 1 aliphatic heterocycles. The van der Waals surface area contributed by atoms with E-state index in [1.807, 2.05) is 0 Å². The average molecular weight is 228 g/mol. The fraction of sp³-hybridized carbons (Fsp3) is 1.00. The first kappa shape index (κ1) is 13.9. The van der Waals surface area contributed by atoms with E-state index in [1.54, 1.807) is 7.11 Å². The fourth-order valence-corrected chi connectivity index (χ4v) is 2.09. The van der Waals surface area contributed by atoms with Gasteiger partial charge in [-0.25, -0.2) is 0 Å². The second-order valence-corrected chi connectivity index (χ2v) is 5.57. The van der Waals surface area contributed by atoms with E-state index in [0.717, 1.165) is 19.5 Å². The maximum Gasteiger partial charge on any atom is 0.0634 e. The average Bonchev–Trinajstić information content (AvgIpc) is 2.28. The normalized spacial score (nSPS) is 28.3. The SMILES string of the molecule is CCC1CN(CCC(C)(C)OC)C(C)CN1. The van der Waals surface area contributed by atoms with Crippen LogP contribution in [0.15, 0.2) is 0 Å². The van der Waals surface area contributed by atoms with Crippen LogP contribution in [0.1, 0.15) is 40.5 Å². The lowest BCUT2D eigenvalue weighted by molar-refractivity contribution is 0.000784. The molecule has 0 spiro atoms. The maximum absolute atomic E-state index is 5.47. The molecule has 0 aromatic rings. The molecule has 96 valence electrons. The van der Waals surface area contributed by atoms with Crippen molar-refractivity contribution in [1.29, 1.82) is 0 Å². The lowest BCUT2D eigenvalue weighted by Crippen LogP contribution is -2.55. The van der Waals surface area contributed by atoms with E-state index < -0.39 is 0 Å². The summed E-state index contributed by atoms with van der Waals surface area (Å²) in [4.78, 5) is 2.59. The highest BCUT2D eigenvalue weighted by molar-refractivity contribution is 4.84. The Morgan fingerprint density at radius 2 is 2.12 bits per heavy atom. The molecular weight excluding hydrogens is 200 g/mol. The van der Waals surface area contributed by atoms with E-state index in [0.29, 0.717) is 12.1 Å². The molecule has 3 nitrogen and oxygen atoms in total. The third kappa shape index (κ3) is 4.04. The first-order chi connectivity index (χ1) is 7.48. The third-order valence-corrected chi connectivity index (χ3v) is 3.83. The molecule has 0 aromatic carbocycles. The Bertz CT molecular complexity index is 206. The monoisotopic (exact) mass is 228 g/mol. The van der Waals surface area contributed by atoms with Crippen molar-refractivity contribution in [2.45, 2.75) is 58.2 Å². The van der Waals surface area contributed by atoms with Crippen LogP contribution in [0, 0.1) is 0 Å². The molecular formula is C13H28N2O. The van der Waals surface area contributed by atoms with Crippen LogP contribution >= 0.6 is 0 Å². The second-order valence-electron chi connectivity index (χ2n) is 5.57. The summed E-state index contributed by atoms with van der Waals surface area (Å²) >= 11 is 0. The summed E-state index contributed by atoms with van der Waals surface area (Å²) in [5.41, 5.74) is 0.00626. The van der Waals surface area contributed by atoms with Crippen LogP contribution in [-0.2, 0) is 4.74 Å². The number of rotatable bonds is 5. The van der Waals surface area contributed by atoms with Crippen LogP contribution in [0.2, 0.25) is 0 Å². The molecule has 0 aromatic heterocycles. The number of methoxy groups -OCH3 is 1. The van der Waals surface area contributed by atoms with Gasteiger partial charge in [-0.3, -0.25) is 4.90 Å². The minimum absolute atomic E-state index is 0.00626. The van der Waals surface area contributed by atoms with Gasteiger partial charge in [-0.2, -0.15) is 0 Å². The first-order valence-corrected chi connectivity index (χ1v) is 6.51. The van der Waals surface area contributed by atoms with E-state index in [2.05, 4.69) is 37.9 Å². The number of nitrogens with zero attached hydrogens (tertiary/aromatic N) is 1. The first-order valence-electron chi connectivity index (χ1n) is 6.51. The summed E-state index contributed by atoms with van der Waals surface area (Å²) in [5.74, 6) is 0. The molecule has 2 atom stereocenters. The van der Waals surface area contributed by atoms with E-state index in [1.165, 1.54) is 13.0 Å². The number of hydrogen-bond acceptors (Lipinski definition) is 3. The zero-order chi connectivity index (χ0) is 12.2. The van der Waals surface area contributed by atoms with E-state index >= 15 is 0 Å². The molecule has 0 saturated carbocycles. The molecule has 0 radical (unpaired) electrons. The van der Waals surface area contributed by atoms with Gasteiger partial charge in [0.1, 0.15) is 0 Å². The fourth-order valence-electron chi connectivity index (χ4n) is 2.09. The van der Waals surface area contributed by atoms with Gasteiger partial charge in [0, 0.05) is 38.8 Å². The van der Waals surface area contributed by atoms with Gasteiger partial charge in [0.2, 0.25) is 0 Å². The number of piperazine rings is 1. The quantitative estimate of drug-likeness (QED) is 0.777. The standard InChI is InChI=1S/C13H28N2O/c1-6-12-10-15(11(2)9-14-12)8-7-13(3,4)16-5/h11-12,14H,6-10H2,1-5H3. The van der Waals surface area contributed by atoms with Crippen LogP contribution in [0.4, 0.5) is 0 Å². The molecule has 0 amide bonds. The van der Waals surface area contributed by atoms with E-state index in [-0.39, 0.29) is 5.60 Å². The number of hydrogen-bond donors (Lipinski definition) is 1. The molecule has 1 rings (SSSR count). The Kier molecular flexibility index (Phi) is 5.22. The predicted octanol–water partition coefficient (Wildman–Crippen LogP) is 1.87. The third-order valence-electron chi connectivity index (χ3n) is 3.83. The molecule has 1 saturated heterocycles. The van der Waals surface area contributed by atoms with E-state index in [9.17, 15) is 0 Å². The van der Waals surface area contributed by atoms with Gasteiger partial charge < -0.3 is 10.1 Å². The topological polar surface area (TPSA) is 24.5 Å². The minimum Gasteiger partial charge on any atom is -0.379 e. The maximum atomic E-state index is 5.47. The van der Waals surface area contributed by atoms with Crippen molar-refractivity contribution < 1.29 is 4.74 Å². The van der Waals surface area contributed by atoms with Gasteiger partial charge in [0.15, 0.2) is 0 Å².